The molecular formula is C26H22N2O3. The van der Waals surface area contributed by atoms with Crippen LogP contribution in [0.15, 0.2) is 84.9 Å². The van der Waals surface area contributed by atoms with Crippen LogP contribution >= 0.6 is 0 Å². The molecule has 5 nitrogen and oxygen atoms in total. The van der Waals surface area contributed by atoms with Crippen LogP contribution in [0, 0.1) is 6.92 Å². The average molecular weight is 410 g/mol. The lowest BCUT2D eigenvalue weighted by Gasteiger charge is -2.15. The van der Waals surface area contributed by atoms with E-state index in [0.717, 1.165) is 11.1 Å². The van der Waals surface area contributed by atoms with E-state index in [4.69, 9.17) is 4.74 Å². The first-order valence-electron chi connectivity index (χ1n) is 10.0. The number of rotatable bonds is 5. The second-order valence-electron chi connectivity index (χ2n) is 7.34. The number of carbonyl (C=O) groups excluding carboxylic acids is 2. The van der Waals surface area contributed by atoms with Crippen LogP contribution in [0.5, 0.6) is 0 Å². The quantitative estimate of drug-likeness (QED) is 0.448. The number of anilines is 1. The van der Waals surface area contributed by atoms with E-state index in [1.807, 2.05) is 85.8 Å². The summed E-state index contributed by atoms with van der Waals surface area (Å²) in [6.45, 7) is 3.53. The van der Waals surface area contributed by atoms with Crippen LogP contribution < -0.4 is 5.32 Å². The first-order valence-corrected chi connectivity index (χ1v) is 10.0. The number of hydrogen-bond donors (Lipinski definition) is 1. The minimum atomic E-state index is -0.957. The van der Waals surface area contributed by atoms with Gasteiger partial charge in [0.25, 0.3) is 5.91 Å². The van der Waals surface area contributed by atoms with Crippen LogP contribution in [0.1, 0.15) is 22.8 Å². The summed E-state index contributed by atoms with van der Waals surface area (Å²) >= 11 is 0. The third kappa shape index (κ3) is 4.61. The first-order chi connectivity index (χ1) is 15.0. The number of pyridine rings is 1. The van der Waals surface area contributed by atoms with Gasteiger partial charge in [-0.15, -0.1) is 0 Å². The number of nitrogens with zero attached hydrogens (tertiary/aromatic N) is 1. The minimum Gasteiger partial charge on any atom is -0.449 e. The Hall–Kier alpha value is -3.99. The molecule has 3 aromatic carbocycles. The van der Waals surface area contributed by atoms with Crippen LogP contribution in [-0.2, 0) is 9.53 Å². The number of hydrogen-bond acceptors (Lipinski definition) is 4. The molecule has 4 aromatic rings. The fourth-order valence-electron chi connectivity index (χ4n) is 3.26. The molecule has 4 rings (SSSR count). The number of aryl methyl sites for hydroxylation is 1. The molecule has 1 aromatic heterocycles. The molecule has 5 heteroatoms. The zero-order chi connectivity index (χ0) is 21.8. The van der Waals surface area contributed by atoms with Crippen LogP contribution in [0.4, 0.5) is 5.69 Å². The number of para-hydroxylation sites is 1. The van der Waals surface area contributed by atoms with Gasteiger partial charge in [0.15, 0.2) is 6.10 Å². The molecule has 1 N–H and O–H groups in total. The molecule has 0 aliphatic carbocycles. The summed E-state index contributed by atoms with van der Waals surface area (Å²) < 4.78 is 5.51. The van der Waals surface area contributed by atoms with E-state index >= 15 is 0 Å². The fourth-order valence-corrected chi connectivity index (χ4v) is 3.26. The van der Waals surface area contributed by atoms with Gasteiger partial charge in [0.2, 0.25) is 0 Å². The number of ether oxygens (including phenoxy) is 1. The summed E-state index contributed by atoms with van der Waals surface area (Å²) in [5, 5.41) is 3.45. The Bertz CT molecular complexity index is 1230. The zero-order valence-electron chi connectivity index (χ0n) is 17.3. The van der Waals surface area contributed by atoms with E-state index in [0.29, 0.717) is 27.8 Å². The first kappa shape index (κ1) is 20.3. The Labute approximate surface area is 180 Å². The highest BCUT2D eigenvalue weighted by Crippen LogP contribution is 2.25. The molecule has 0 fully saturated rings. The molecule has 31 heavy (non-hydrogen) atoms. The highest BCUT2D eigenvalue weighted by atomic mass is 16.5. The van der Waals surface area contributed by atoms with Crippen molar-refractivity contribution in [1.82, 2.24) is 4.98 Å². The van der Waals surface area contributed by atoms with Gasteiger partial charge >= 0.3 is 5.97 Å². The summed E-state index contributed by atoms with van der Waals surface area (Å²) in [6, 6.07) is 26.2. The van der Waals surface area contributed by atoms with Crippen molar-refractivity contribution in [3.63, 3.8) is 0 Å². The molecule has 0 spiro atoms. The number of aromatic nitrogens is 1. The van der Waals surface area contributed by atoms with Gasteiger partial charge in [-0.25, -0.2) is 9.78 Å². The maximum Gasteiger partial charge on any atom is 0.339 e. The summed E-state index contributed by atoms with van der Waals surface area (Å²) in [4.78, 5) is 30.2. The zero-order valence-corrected chi connectivity index (χ0v) is 17.3. The van der Waals surface area contributed by atoms with Gasteiger partial charge in [-0.2, -0.15) is 0 Å². The van der Waals surface area contributed by atoms with Crippen LogP contribution in [-0.4, -0.2) is 23.0 Å². The van der Waals surface area contributed by atoms with Crippen LogP contribution in [0.25, 0.3) is 22.2 Å². The lowest BCUT2D eigenvalue weighted by atomic mass is 10.0. The van der Waals surface area contributed by atoms with E-state index in [1.165, 1.54) is 0 Å². The van der Waals surface area contributed by atoms with Gasteiger partial charge in [0.05, 0.1) is 16.8 Å². The summed E-state index contributed by atoms with van der Waals surface area (Å²) in [7, 11) is 0. The third-order valence-corrected chi connectivity index (χ3v) is 4.98. The smallest absolute Gasteiger partial charge is 0.339 e. The number of amides is 1. The molecule has 1 heterocycles. The standard InChI is InChI=1S/C26H22N2O3/c1-17-12-14-20(15-13-17)27-25(29)18(2)31-26(30)22-16-24(19-8-4-3-5-9-19)28-23-11-7-6-10-21(22)23/h3-16,18H,1-2H3,(H,27,29)/t18-/m1/s1. The highest BCUT2D eigenvalue weighted by molar-refractivity contribution is 6.06. The Morgan fingerprint density at radius 2 is 1.58 bits per heavy atom. The largest absolute Gasteiger partial charge is 0.449 e. The number of benzene rings is 3. The molecule has 0 saturated carbocycles. The van der Waals surface area contributed by atoms with Crippen molar-refractivity contribution in [2.45, 2.75) is 20.0 Å². The highest BCUT2D eigenvalue weighted by Gasteiger charge is 2.21. The summed E-state index contributed by atoms with van der Waals surface area (Å²) in [5.41, 5.74) is 4.37. The third-order valence-electron chi connectivity index (χ3n) is 4.98. The van der Waals surface area contributed by atoms with E-state index < -0.39 is 12.1 Å². The summed E-state index contributed by atoms with van der Waals surface area (Å²) in [6.07, 6.45) is -0.957. The lowest BCUT2D eigenvalue weighted by molar-refractivity contribution is -0.123. The SMILES string of the molecule is Cc1ccc(NC(=O)[C@@H](C)OC(=O)c2cc(-c3ccccc3)nc3ccccc23)cc1. The number of nitrogens with one attached hydrogen (secondary N) is 1. The monoisotopic (exact) mass is 410 g/mol. The molecule has 0 bridgehead atoms. The van der Waals surface area contributed by atoms with Crippen molar-refractivity contribution in [3.8, 4) is 11.3 Å². The minimum absolute atomic E-state index is 0.374. The average Bonchev–Trinajstić information content (AvgIpc) is 2.80. The fraction of sp³-hybridized carbons (Fsp3) is 0.115. The van der Waals surface area contributed by atoms with Gasteiger partial charge in [0.1, 0.15) is 0 Å². The second kappa shape index (κ2) is 8.79. The Kier molecular flexibility index (Phi) is 5.76. The Morgan fingerprint density at radius 3 is 2.32 bits per heavy atom. The predicted octanol–water partition coefficient (Wildman–Crippen LogP) is 5.39. The van der Waals surface area contributed by atoms with E-state index in [9.17, 15) is 9.59 Å². The molecule has 154 valence electrons. The number of esters is 1. The molecule has 0 unspecified atom stereocenters. The van der Waals surface area contributed by atoms with E-state index in [1.54, 1.807) is 13.0 Å². The Balaban J connectivity index is 1.59. The van der Waals surface area contributed by atoms with Crippen molar-refractivity contribution >= 4 is 28.5 Å². The van der Waals surface area contributed by atoms with E-state index in [-0.39, 0.29) is 5.91 Å². The molecule has 0 radical (unpaired) electrons. The van der Waals surface area contributed by atoms with E-state index in [2.05, 4.69) is 10.3 Å². The molecule has 0 aliphatic heterocycles. The van der Waals surface area contributed by atoms with Gasteiger partial charge in [0, 0.05) is 16.6 Å². The maximum atomic E-state index is 13.0. The molecular weight excluding hydrogens is 388 g/mol. The van der Waals surface area contributed by atoms with Gasteiger partial charge in [-0.05, 0) is 38.1 Å². The summed E-state index contributed by atoms with van der Waals surface area (Å²) in [5.74, 6) is -0.957. The maximum absolute atomic E-state index is 13.0. The number of fused-ring (bicyclic) bond motifs is 1. The van der Waals surface area contributed by atoms with Crippen molar-refractivity contribution in [3.05, 3.63) is 96.1 Å². The van der Waals surface area contributed by atoms with Crippen molar-refractivity contribution < 1.29 is 14.3 Å². The molecule has 0 saturated heterocycles. The molecule has 1 atom stereocenters. The number of carbonyl (C=O) groups is 2. The van der Waals surface area contributed by atoms with Crippen molar-refractivity contribution in [1.29, 1.82) is 0 Å². The topological polar surface area (TPSA) is 68.3 Å². The molecule has 0 aliphatic rings. The van der Waals surface area contributed by atoms with Gasteiger partial charge in [-0.1, -0.05) is 66.2 Å². The van der Waals surface area contributed by atoms with Gasteiger partial charge < -0.3 is 10.1 Å². The predicted molar refractivity (Wildman–Crippen MR) is 122 cm³/mol. The van der Waals surface area contributed by atoms with Crippen molar-refractivity contribution in [2.24, 2.45) is 0 Å². The normalized spacial score (nSPS) is 11.7. The van der Waals surface area contributed by atoms with Crippen LogP contribution in [0.3, 0.4) is 0 Å². The van der Waals surface area contributed by atoms with Gasteiger partial charge in [-0.3, -0.25) is 4.79 Å². The van der Waals surface area contributed by atoms with Crippen LogP contribution in [0.2, 0.25) is 0 Å². The Morgan fingerprint density at radius 1 is 0.903 bits per heavy atom. The molecule has 1 amide bonds. The van der Waals surface area contributed by atoms with Crippen molar-refractivity contribution in [2.75, 3.05) is 5.32 Å². The second-order valence-corrected chi connectivity index (χ2v) is 7.34. The lowest BCUT2D eigenvalue weighted by Crippen LogP contribution is -2.30.